The molecule has 0 atom stereocenters. The fourth-order valence-corrected chi connectivity index (χ4v) is 2.42. The van der Waals surface area contributed by atoms with Gasteiger partial charge in [0.05, 0.1) is 0 Å². The first kappa shape index (κ1) is 19.3. The van der Waals surface area contributed by atoms with Crippen LogP contribution < -0.4 is 5.32 Å². The summed E-state index contributed by atoms with van der Waals surface area (Å²) in [6.45, 7) is 4.87. The fraction of sp³-hybridized carbons (Fsp3) is 0.250. The summed E-state index contributed by atoms with van der Waals surface area (Å²) >= 11 is 0. The van der Waals surface area contributed by atoms with Crippen LogP contribution in [0.4, 0.5) is 4.39 Å². The zero-order chi connectivity index (χ0) is 19.3. The molecule has 0 aliphatic heterocycles. The third kappa shape index (κ3) is 4.99. The highest BCUT2D eigenvalue weighted by atomic mass is 19.1. The van der Waals surface area contributed by atoms with Crippen LogP contribution in [-0.2, 0) is 9.53 Å². The number of ketones is 1. The predicted octanol–water partition coefficient (Wildman–Crippen LogP) is 2.91. The molecule has 136 valence electrons. The van der Waals surface area contributed by atoms with Crippen LogP contribution in [0.5, 0.6) is 0 Å². The Balaban J connectivity index is 1.86. The number of carbonyl (C=O) groups excluding carboxylic acids is 3. The monoisotopic (exact) mass is 357 g/mol. The van der Waals surface area contributed by atoms with E-state index in [1.165, 1.54) is 18.2 Å². The molecule has 2 aromatic carbocycles. The van der Waals surface area contributed by atoms with Crippen molar-refractivity contribution < 1.29 is 23.5 Å². The van der Waals surface area contributed by atoms with E-state index in [1.807, 2.05) is 26.8 Å². The summed E-state index contributed by atoms with van der Waals surface area (Å²) < 4.78 is 18.0. The lowest BCUT2D eigenvalue weighted by Crippen LogP contribution is -2.31. The van der Waals surface area contributed by atoms with E-state index in [2.05, 4.69) is 5.32 Å². The molecule has 0 saturated heterocycles. The van der Waals surface area contributed by atoms with Gasteiger partial charge in [0.2, 0.25) is 5.78 Å². The number of halogens is 1. The molecule has 0 radical (unpaired) electrons. The lowest BCUT2D eigenvalue weighted by Gasteiger charge is -2.10. The minimum Gasteiger partial charge on any atom is -0.456 e. The van der Waals surface area contributed by atoms with E-state index in [-0.39, 0.29) is 11.3 Å². The Morgan fingerprint density at radius 2 is 1.69 bits per heavy atom. The first-order valence-corrected chi connectivity index (χ1v) is 8.08. The zero-order valence-electron chi connectivity index (χ0n) is 14.9. The van der Waals surface area contributed by atoms with Gasteiger partial charge in [0, 0.05) is 11.1 Å². The van der Waals surface area contributed by atoms with Crippen LogP contribution in [0, 0.1) is 26.6 Å². The van der Waals surface area contributed by atoms with Gasteiger partial charge in [-0.05, 0) is 61.7 Å². The molecule has 0 spiro atoms. The summed E-state index contributed by atoms with van der Waals surface area (Å²) in [5, 5.41) is 2.33. The van der Waals surface area contributed by atoms with Gasteiger partial charge in [-0.1, -0.05) is 12.1 Å². The molecular weight excluding hydrogens is 337 g/mol. The Morgan fingerprint density at radius 3 is 2.38 bits per heavy atom. The van der Waals surface area contributed by atoms with Crippen LogP contribution >= 0.6 is 0 Å². The van der Waals surface area contributed by atoms with Crippen LogP contribution in [0.1, 0.15) is 37.4 Å². The second-order valence-corrected chi connectivity index (χ2v) is 6.03. The van der Waals surface area contributed by atoms with E-state index >= 15 is 0 Å². The third-order valence-electron chi connectivity index (χ3n) is 3.99. The molecule has 1 amide bonds. The quantitative estimate of drug-likeness (QED) is 0.637. The standard InChI is InChI=1S/C20H20FNO4/c1-12-7-14(3)17(8-13(12)2)18(23)11-26-19(24)10-22-20(25)15-5-4-6-16(21)9-15/h4-9H,10-11H2,1-3H3,(H,22,25). The molecule has 0 aromatic heterocycles. The Kier molecular flexibility index (Phi) is 6.22. The lowest BCUT2D eigenvalue weighted by atomic mass is 9.98. The summed E-state index contributed by atoms with van der Waals surface area (Å²) in [6.07, 6.45) is 0. The molecule has 0 bridgehead atoms. The maximum atomic E-state index is 13.1. The highest BCUT2D eigenvalue weighted by Crippen LogP contribution is 2.16. The number of hydrogen-bond acceptors (Lipinski definition) is 4. The summed E-state index contributed by atoms with van der Waals surface area (Å²) in [7, 11) is 0. The lowest BCUT2D eigenvalue weighted by molar-refractivity contribution is -0.141. The maximum absolute atomic E-state index is 13.1. The van der Waals surface area contributed by atoms with Crippen molar-refractivity contribution in [1.29, 1.82) is 0 Å². The van der Waals surface area contributed by atoms with Crippen molar-refractivity contribution >= 4 is 17.7 Å². The predicted molar refractivity (Wildman–Crippen MR) is 94.7 cm³/mol. The molecule has 2 aromatic rings. The van der Waals surface area contributed by atoms with Gasteiger partial charge in [0.1, 0.15) is 12.4 Å². The summed E-state index contributed by atoms with van der Waals surface area (Å²) in [6, 6.07) is 8.77. The zero-order valence-corrected chi connectivity index (χ0v) is 14.9. The molecule has 6 heteroatoms. The van der Waals surface area contributed by atoms with E-state index < -0.39 is 30.8 Å². The Bertz CT molecular complexity index is 861. The number of rotatable bonds is 6. The van der Waals surface area contributed by atoms with Crippen molar-refractivity contribution in [3.05, 3.63) is 70.0 Å². The molecule has 0 aliphatic rings. The SMILES string of the molecule is Cc1cc(C)c(C(=O)COC(=O)CNC(=O)c2cccc(F)c2)cc1C. The van der Waals surface area contributed by atoms with Crippen molar-refractivity contribution in [2.75, 3.05) is 13.2 Å². The number of esters is 1. The second kappa shape index (κ2) is 8.38. The summed E-state index contributed by atoms with van der Waals surface area (Å²) in [5.41, 5.74) is 3.47. The highest BCUT2D eigenvalue weighted by Gasteiger charge is 2.14. The van der Waals surface area contributed by atoms with E-state index in [9.17, 15) is 18.8 Å². The third-order valence-corrected chi connectivity index (χ3v) is 3.99. The molecule has 26 heavy (non-hydrogen) atoms. The van der Waals surface area contributed by atoms with Crippen molar-refractivity contribution in [3.63, 3.8) is 0 Å². The van der Waals surface area contributed by atoms with E-state index in [0.717, 1.165) is 22.8 Å². The molecule has 5 nitrogen and oxygen atoms in total. The molecule has 1 N–H and O–H groups in total. The van der Waals surface area contributed by atoms with Crippen molar-refractivity contribution in [2.24, 2.45) is 0 Å². The molecule has 0 unspecified atom stereocenters. The van der Waals surface area contributed by atoms with Crippen LogP contribution in [0.15, 0.2) is 36.4 Å². The van der Waals surface area contributed by atoms with Crippen molar-refractivity contribution in [3.8, 4) is 0 Å². The average Bonchev–Trinajstić information content (AvgIpc) is 2.60. The molecule has 0 fully saturated rings. The smallest absolute Gasteiger partial charge is 0.325 e. The maximum Gasteiger partial charge on any atom is 0.325 e. The van der Waals surface area contributed by atoms with Crippen molar-refractivity contribution in [1.82, 2.24) is 5.32 Å². The molecular formula is C20H20FNO4. The first-order valence-electron chi connectivity index (χ1n) is 8.08. The molecule has 0 saturated carbocycles. The van der Waals surface area contributed by atoms with Gasteiger partial charge in [-0.25, -0.2) is 4.39 Å². The van der Waals surface area contributed by atoms with Gasteiger partial charge < -0.3 is 10.1 Å². The van der Waals surface area contributed by atoms with Gasteiger partial charge in [-0.15, -0.1) is 0 Å². The van der Waals surface area contributed by atoms with Gasteiger partial charge in [0.15, 0.2) is 6.61 Å². The molecule has 0 aliphatic carbocycles. The van der Waals surface area contributed by atoms with E-state index in [4.69, 9.17) is 4.74 Å². The summed E-state index contributed by atoms with van der Waals surface area (Å²) in [5.74, 6) is -2.20. The topological polar surface area (TPSA) is 72.5 Å². The normalized spacial score (nSPS) is 10.3. The van der Waals surface area contributed by atoms with Gasteiger partial charge in [-0.3, -0.25) is 14.4 Å². The van der Waals surface area contributed by atoms with E-state index in [0.29, 0.717) is 5.56 Å². The Hall–Kier alpha value is -3.02. The van der Waals surface area contributed by atoms with Crippen LogP contribution in [0.3, 0.4) is 0 Å². The number of benzene rings is 2. The minimum atomic E-state index is -0.746. The largest absolute Gasteiger partial charge is 0.456 e. The number of amides is 1. The van der Waals surface area contributed by atoms with Crippen LogP contribution in [0.25, 0.3) is 0 Å². The van der Waals surface area contributed by atoms with Gasteiger partial charge in [-0.2, -0.15) is 0 Å². The highest BCUT2D eigenvalue weighted by molar-refractivity contribution is 6.00. The molecule has 0 heterocycles. The number of carbonyl (C=O) groups is 3. The Labute approximate surface area is 151 Å². The van der Waals surface area contributed by atoms with Crippen LogP contribution in [0.2, 0.25) is 0 Å². The number of ether oxygens (including phenoxy) is 1. The average molecular weight is 357 g/mol. The first-order chi connectivity index (χ1) is 12.3. The second-order valence-electron chi connectivity index (χ2n) is 6.03. The molecule has 2 rings (SSSR count). The number of nitrogens with one attached hydrogen (secondary N) is 1. The number of aryl methyl sites for hydroxylation is 3. The number of hydrogen-bond donors (Lipinski definition) is 1. The van der Waals surface area contributed by atoms with Gasteiger partial charge >= 0.3 is 5.97 Å². The van der Waals surface area contributed by atoms with Gasteiger partial charge in [0.25, 0.3) is 5.91 Å². The van der Waals surface area contributed by atoms with Crippen LogP contribution in [-0.4, -0.2) is 30.8 Å². The fourth-order valence-electron chi connectivity index (χ4n) is 2.42. The number of Topliss-reactive ketones (excluding diaryl/α,β-unsaturated/α-hetero) is 1. The Morgan fingerprint density at radius 1 is 1.00 bits per heavy atom. The van der Waals surface area contributed by atoms with Crippen molar-refractivity contribution in [2.45, 2.75) is 20.8 Å². The van der Waals surface area contributed by atoms with E-state index in [1.54, 1.807) is 6.07 Å². The minimum absolute atomic E-state index is 0.0969. The summed E-state index contributed by atoms with van der Waals surface area (Å²) in [4.78, 5) is 35.8.